The lowest BCUT2D eigenvalue weighted by Crippen LogP contribution is -2.45. The van der Waals surface area contributed by atoms with E-state index in [0.717, 1.165) is 24.5 Å². The van der Waals surface area contributed by atoms with Gasteiger partial charge in [-0.2, -0.15) is 0 Å². The molecule has 1 aliphatic heterocycles. The molecule has 2 heterocycles. The van der Waals surface area contributed by atoms with Crippen LogP contribution in [-0.2, 0) is 11.3 Å². The molecule has 4 nitrogen and oxygen atoms in total. The normalized spacial score (nSPS) is 23.2. The van der Waals surface area contributed by atoms with Crippen molar-refractivity contribution < 1.29 is 4.74 Å². The van der Waals surface area contributed by atoms with Crippen LogP contribution in [0.1, 0.15) is 19.4 Å². The van der Waals surface area contributed by atoms with Crippen molar-refractivity contribution in [2.45, 2.75) is 32.6 Å². The highest BCUT2D eigenvalue weighted by Gasteiger charge is 2.24. The second-order valence-electron chi connectivity index (χ2n) is 5.52. The molecule has 20 heavy (non-hydrogen) atoms. The molecule has 1 saturated heterocycles. The van der Waals surface area contributed by atoms with Gasteiger partial charge in [0, 0.05) is 31.2 Å². The van der Waals surface area contributed by atoms with Gasteiger partial charge >= 0.3 is 0 Å². The smallest absolute Gasteiger partial charge is 0.136 e. The molecular weight excluding hydrogens is 250 g/mol. The van der Waals surface area contributed by atoms with Gasteiger partial charge in [0.25, 0.3) is 0 Å². The standard InChI is InChI=1S/C16H21N3O/c1-11-9-19(10-12(2)20-11)16-15-6-4-3-5-14(15)13(7-17)8-18-16/h3-6,8,11-12H,7,9-10,17H2,1-2H3/t11-,12+. The first kappa shape index (κ1) is 13.3. The Balaban J connectivity index is 2.08. The van der Waals surface area contributed by atoms with Gasteiger partial charge in [-0.25, -0.2) is 4.98 Å². The fourth-order valence-electron chi connectivity index (χ4n) is 3.00. The van der Waals surface area contributed by atoms with E-state index in [0.29, 0.717) is 6.54 Å². The van der Waals surface area contributed by atoms with E-state index >= 15 is 0 Å². The molecular formula is C16H21N3O. The van der Waals surface area contributed by atoms with E-state index in [2.05, 4.69) is 48.0 Å². The van der Waals surface area contributed by atoms with Gasteiger partial charge in [-0.1, -0.05) is 24.3 Å². The number of aromatic nitrogens is 1. The summed E-state index contributed by atoms with van der Waals surface area (Å²) in [5.74, 6) is 1.04. The number of fused-ring (bicyclic) bond motifs is 1. The van der Waals surface area contributed by atoms with Crippen molar-refractivity contribution >= 4 is 16.6 Å². The van der Waals surface area contributed by atoms with E-state index < -0.39 is 0 Å². The van der Waals surface area contributed by atoms with Crippen LogP contribution in [-0.4, -0.2) is 30.3 Å². The zero-order chi connectivity index (χ0) is 14.1. The molecule has 2 aromatic rings. The second-order valence-corrected chi connectivity index (χ2v) is 5.52. The van der Waals surface area contributed by atoms with Crippen molar-refractivity contribution in [1.29, 1.82) is 0 Å². The summed E-state index contributed by atoms with van der Waals surface area (Å²) < 4.78 is 5.81. The lowest BCUT2D eigenvalue weighted by molar-refractivity contribution is -0.00536. The molecule has 1 aromatic carbocycles. The predicted molar refractivity (Wildman–Crippen MR) is 81.9 cm³/mol. The number of morpholine rings is 1. The third-order valence-corrected chi connectivity index (χ3v) is 3.80. The maximum absolute atomic E-state index is 5.81. The van der Waals surface area contributed by atoms with Crippen LogP contribution in [0.5, 0.6) is 0 Å². The lowest BCUT2D eigenvalue weighted by Gasteiger charge is -2.36. The molecule has 2 N–H and O–H groups in total. The van der Waals surface area contributed by atoms with Crippen molar-refractivity contribution in [3.8, 4) is 0 Å². The van der Waals surface area contributed by atoms with Gasteiger partial charge in [-0.15, -0.1) is 0 Å². The summed E-state index contributed by atoms with van der Waals surface area (Å²) in [4.78, 5) is 6.98. The number of benzene rings is 1. The van der Waals surface area contributed by atoms with E-state index in [1.807, 2.05) is 6.20 Å². The van der Waals surface area contributed by atoms with Crippen molar-refractivity contribution in [3.63, 3.8) is 0 Å². The van der Waals surface area contributed by atoms with E-state index in [9.17, 15) is 0 Å². The Morgan fingerprint density at radius 1 is 1.20 bits per heavy atom. The third-order valence-electron chi connectivity index (χ3n) is 3.80. The first-order chi connectivity index (χ1) is 9.69. The minimum absolute atomic E-state index is 0.230. The minimum atomic E-state index is 0.230. The first-order valence-electron chi connectivity index (χ1n) is 7.16. The van der Waals surface area contributed by atoms with Crippen LogP contribution in [0.4, 0.5) is 5.82 Å². The molecule has 106 valence electrons. The molecule has 0 radical (unpaired) electrons. The Kier molecular flexibility index (Phi) is 3.59. The quantitative estimate of drug-likeness (QED) is 0.910. The van der Waals surface area contributed by atoms with Gasteiger partial charge in [-0.05, 0) is 24.8 Å². The van der Waals surface area contributed by atoms with Gasteiger partial charge in [0.2, 0.25) is 0 Å². The number of rotatable bonds is 2. The largest absolute Gasteiger partial charge is 0.372 e. The van der Waals surface area contributed by atoms with Crippen LogP contribution in [0.25, 0.3) is 10.8 Å². The molecule has 4 heteroatoms. The predicted octanol–water partition coefficient (Wildman–Crippen LogP) is 2.31. The van der Waals surface area contributed by atoms with Crippen molar-refractivity contribution in [2.24, 2.45) is 5.73 Å². The second kappa shape index (κ2) is 5.38. The van der Waals surface area contributed by atoms with Crippen LogP contribution in [0.2, 0.25) is 0 Å². The van der Waals surface area contributed by atoms with E-state index in [1.165, 1.54) is 10.8 Å². The maximum atomic E-state index is 5.81. The molecule has 0 bridgehead atoms. The number of nitrogens with two attached hydrogens (primary N) is 1. The van der Waals surface area contributed by atoms with Crippen molar-refractivity contribution in [2.75, 3.05) is 18.0 Å². The van der Waals surface area contributed by atoms with Crippen molar-refractivity contribution in [1.82, 2.24) is 4.98 Å². The summed E-state index contributed by atoms with van der Waals surface area (Å²) in [5.41, 5.74) is 6.91. The number of anilines is 1. The fourth-order valence-corrected chi connectivity index (χ4v) is 3.00. The fraction of sp³-hybridized carbons (Fsp3) is 0.438. The average Bonchev–Trinajstić information content (AvgIpc) is 2.45. The number of hydrogen-bond acceptors (Lipinski definition) is 4. The Hall–Kier alpha value is -1.65. The van der Waals surface area contributed by atoms with Gasteiger partial charge < -0.3 is 15.4 Å². The zero-order valence-corrected chi connectivity index (χ0v) is 12.0. The minimum Gasteiger partial charge on any atom is -0.372 e. The van der Waals surface area contributed by atoms with Gasteiger partial charge in [0.15, 0.2) is 0 Å². The number of hydrogen-bond donors (Lipinski definition) is 1. The molecule has 2 atom stereocenters. The molecule has 0 aliphatic carbocycles. The van der Waals surface area contributed by atoms with E-state index in [1.54, 1.807) is 0 Å². The highest BCUT2D eigenvalue weighted by atomic mass is 16.5. The lowest BCUT2D eigenvalue weighted by atomic mass is 10.1. The molecule has 0 amide bonds. The number of ether oxygens (including phenoxy) is 1. The van der Waals surface area contributed by atoms with E-state index in [4.69, 9.17) is 10.5 Å². The van der Waals surface area contributed by atoms with Gasteiger partial charge in [0.1, 0.15) is 5.82 Å². The summed E-state index contributed by atoms with van der Waals surface area (Å²) in [6.07, 6.45) is 2.37. The third kappa shape index (κ3) is 2.37. The molecule has 0 spiro atoms. The Bertz CT molecular complexity index is 604. The zero-order valence-electron chi connectivity index (χ0n) is 12.0. The molecule has 1 aromatic heterocycles. The average molecular weight is 271 g/mol. The van der Waals surface area contributed by atoms with Gasteiger partial charge in [-0.3, -0.25) is 0 Å². The molecule has 0 unspecified atom stereocenters. The summed E-state index contributed by atoms with van der Waals surface area (Å²) in [7, 11) is 0. The molecule has 1 aliphatic rings. The monoisotopic (exact) mass is 271 g/mol. The highest BCUT2D eigenvalue weighted by molar-refractivity contribution is 5.94. The summed E-state index contributed by atoms with van der Waals surface area (Å²) >= 11 is 0. The Morgan fingerprint density at radius 2 is 1.85 bits per heavy atom. The first-order valence-corrected chi connectivity index (χ1v) is 7.16. The highest BCUT2D eigenvalue weighted by Crippen LogP contribution is 2.29. The van der Waals surface area contributed by atoms with Crippen LogP contribution < -0.4 is 10.6 Å². The Labute approximate surface area is 119 Å². The topological polar surface area (TPSA) is 51.4 Å². The van der Waals surface area contributed by atoms with Crippen LogP contribution in [0, 0.1) is 0 Å². The number of nitrogens with zero attached hydrogens (tertiary/aromatic N) is 2. The maximum Gasteiger partial charge on any atom is 0.136 e. The molecule has 0 saturated carbocycles. The summed E-state index contributed by atoms with van der Waals surface area (Å²) in [6, 6.07) is 8.36. The summed E-state index contributed by atoms with van der Waals surface area (Å²) in [6.45, 7) is 6.49. The van der Waals surface area contributed by atoms with Gasteiger partial charge in [0.05, 0.1) is 12.2 Å². The molecule has 3 rings (SSSR count). The van der Waals surface area contributed by atoms with Crippen LogP contribution in [0.15, 0.2) is 30.5 Å². The van der Waals surface area contributed by atoms with Crippen LogP contribution >= 0.6 is 0 Å². The Morgan fingerprint density at radius 3 is 2.50 bits per heavy atom. The van der Waals surface area contributed by atoms with Crippen LogP contribution in [0.3, 0.4) is 0 Å². The van der Waals surface area contributed by atoms with E-state index in [-0.39, 0.29) is 12.2 Å². The number of pyridine rings is 1. The SMILES string of the molecule is C[C@@H]1CN(c2ncc(CN)c3ccccc23)C[C@H](C)O1. The molecule has 1 fully saturated rings. The summed E-state index contributed by atoms with van der Waals surface area (Å²) in [5, 5.41) is 2.38. The van der Waals surface area contributed by atoms with Crippen molar-refractivity contribution in [3.05, 3.63) is 36.0 Å².